The van der Waals surface area contributed by atoms with Crippen LogP contribution in [0.5, 0.6) is 0 Å². The Morgan fingerprint density at radius 1 is 1.59 bits per heavy atom. The molecule has 1 rings (SSSR count). The summed E-state index contributed by atoms with van der Waals surface area (Å²) in [5.74, 6) is -0.0120. The van der Waals surface area contributed by atoms with E-state index in [1.54, 1.807) is 4.90 Å². The fourth-order valence-corrected chi connectivity index (χ4v) is 2.14. The van der Waals surface area contributed by atoms with E-state index in [9.17, 15) is 4.79 Å². The molecule has 0 saturated carbocycles. The summed E-state index contributed by atoms with van der Waals surface area (Å²) in [5.41, 5.74) is 5.43. The first kappa shape index (κ1) is 13.8. The van der Waals surface area contributed by atoms with Gasteiger partial charge in [0.05, 0.1) is 18.6 Å². The van der Waals surface area contributed by atoms with Crippen LogP contribution in [0.15, 0.2) is 5.16 Å². The van der Waals surface area contributed by atoms with Crippen molar-refractivity contribution in [2.24, 2.45) is 16.8 Å². The maximum atomic E-state index is 12.3. The summed E-state index contributed by atoms with van der Waals surface area (Å²) in [4.78, 5) is 13.8. The van der Waals surface area contributed by atoms with E-state index >= 15 is 0 Å². The number of likely N-dealkylation sites (N-methyl/N-ethyl adjacent to an activating group) is 1. The molecule has 0 aromatic heterocycles. The normalized spacial score (nSPS) is 24.9. The van der Waals surface area contributed by atoms with Gasteiger partial charge in [-0.25, -0.2) is 0 Å². The van der Waals surface area contributed by atoms with E-state index in [1.807, 2.05) is 13.8 Å². The fraction of sp³-hybridized carbons (Fsp3) is 0.818. The largest absolute Gasteiger partial charge is 0.409 e. The molecule has 0 aliphatic carbocycles. The van der Waals surface area contributed by atoms with E-state index in [0.717, 1.165) is 12.8 Å². The Balaban J connectivity index is 2.65. The van der Waals surface area contributed by atoms with Gasteiger partial charge in [-0.05, 0) is 19.8 Å². The van der Waals surface area contributed by atoms with E-state index in [2.05, 4.69) is 5.16 Å². The van der Waals surface area contributed by atoms with E-state index in [-0.39, 0.29) is 30.3 Å². The molecule has 0 aromatic rings. The molecule has 0 aromatic carbocycles. The number of amides is 1. The predicted molar refractivity (Wildman–Crippen MR) is 63.8 cm³/mol. The second-order valence-electron chi connectivity index (χ2n) is 4.16. The molecule has 6 heteroatoms. The van der Waals surface area contributed by atoms with Crippen molar-refractivity contribution in [3.63, 3.8) is 0 Å². The van der Waals surface area contributed by atoms with Gasteiger partial charge in [0.1, 0.15) is 0 Å². The lowest BCUT2D eigenvalue weighted by Crippen LogP contribution is -2.43. The zero-order chi connectivity index (χ0) is 12.8. The first-order chi connectivity index (χ1) is 8.13. The van der Waals surface area contributed by atoms with Crippen molar-refractivity contribution in [1.29, 1.82) is 0 Å². The number of hydrogen-bond donors (Lipinski definition) is 2. The zero-order valence-electron chi connectivity index (χ0n) is 10.4. The summed E-state index contributed by atoms with van der Waals surface area (Å²) in [6.45, 7) is 5.23. The second-order valence-corrected chi connectivity index (χ2v) is 4.16. The summed E-state index contributed by atoms with van der Waals surface area (Å²) in [6.07, 6.45) is 1.59. The second kappa shape index (κ2) is 6.44. The maximum absolute atomic E-state index is 12.3. The summed E-state index contributed by atoms with van der Waals surface area (Å²) in [6, 6.07) is 0. The Bertz CT molecular complexity index is 294. The minimum atomic E-state index is -0.0913. The minimum absolute atomic E-state index is 0.00356. The molecule has 17 heavy (non-hydrogen) atoms. The van der Waals surface area contributed by atoms with Crippen LogP contribution in [0.25, 0.3) is 0 Å². The number of oxime groups is 1. The van der Waals surface area contributed by atoms with Crippen molar-refractivity contribution in [3.8, 4) is 0 Å². The molecule has 1 heterocycles. The van der Waals surface area contributed by atoms with Crippen LogP contribution in [0.2, 0.25) is 0 Å². The number of carbonyl (C=O) groups is 1. The van der Waals surface area contributed by atoms with Crippen molar-refractivity contribution in [2.45, 2.75) is 32.8 Å². The van der Waals surface area contributed by atoms with Gasteiger partial charge in [-0.1, -0.05) is 12.1 Å². The average Bonchev–Trinajstić information content (AvgIpc) is 2.82. The van der Waals surface area contributed by atoms with Gasteiger partial charge in [-0.15, -0.1) is 0 Å². The van der Waals surface area contributed by atoms with E-state index < -0.39 is 0 Å². The monoisotopic (exact) mass is 243 g/mol. The zero-order valence-corrected chi connectivity index (χ0v) is 10.4. The van der Waals surface area contributed by atoms with Crippen LogP contribution < -0.4 is 5.73 Å². The molecule has 1 fully saturated rings. The van der Waals surface area contributed by atoms with Crippen molar-refractivity contribution < 1.29 is 14.7 Å². The topological polar surface area (TPSA) is 88.2 Å². The van der Waals surface area contributed by atoms with E-state index in [0.29, 0.717) is 13.2 Å². The number of amidine groups is 1. The highest BCUT2D eigenvalue weighted by atomic mass is 16.5. The number of hydrogen-bond acceptors (Lipinski definition) is 4. The van der Waals surface area contributed by atoms with E-state index in [4.69, 9.17) is 15.7 Å². The standard InChI is InChI=1S/C11H21N3O3/c1-3-9-8(5-6-17-9)11(15)14(4-2)7-10(12)13-16/h8-9,16H,3-7H2,1-2H3,(H2,12,13). The number of nitrogens with zero attached hydrogens (tertiary/aromatic N) is 2. The summed E-state index contributed by atoms with van der Waals surface area (Å²) < 4.78 is 5.50. The average molecular weight is 243 g/mol. The van der Waals surface area contributed by atoms with Crippen LogP contribution in [0.4, 0.5) is 0 Å². The number of ether oxygens (including phenoxy) is 1. The number of carbonyl (C=O) groups excluding carboxylic acids is 1. The van der Waals surface area contributed by atoms with Crippen LogP contribution in [-0.2, 0) is 9.53 Å². The molecular weight excluding hydrogens is 222 g/mol. The van der Waals surface area contributed by atoms with Gasteiger partial charge in [-0.2, -0.15) is 0 Å². The summed E-state index contributed by atoms with van der Waals surface area (Å²) >= 11 is 0. The molecule has 6 nitrogen and oxygen atoms in total. The molecule has 0 radical (unpaired) electrons. The highest BCUT2D eigenvalue weighted by molar-refractivity contribution is 5.88. The van der Waals surface area contributed by atoms with Crippen molar-refractivity contribution in [2.75, 3.05) is 19.7 Å². The third kappa shape index (κ3) is 3.33. The minimum Gasteiger partial charge on any atom is -0.409 e. The summed E-state index contributed by atoms with van der Waals surface area (Å²) in [7, 11) is 0. The number of nitrogens with two attached hydrogens (primary N) is 1. The molecule has 2 atom stereocenters. The predicted octanol–water partition coefficient (Wildman–Crippen LogP) is 0.396. The molecule has 1 aliphatic rings. The Morgan fingerprint density at radius 2 is 2.29 bits per heavy atom. The van der Waals surface area contributed by atoms with Gasteiger partial charge in [0, 0.05) is 13.2 Å². The molecule has 0 bridgehead atoms. The molecule has 2 unspecified atom stereocenters. The number of rotatable bonds is 5. The first-order valence-corrected chi connectivity index (χ1v) is 6.00. The lowest BCUT2D eigenvalue weighted by molar-refractivity contribution is -0.136. The lowest BCUT2D eigenvalue weighted by Gasteiger charge is -2.25. The summed E-state index contributed by atoms with van der Waals surface area (Å²) in [5, 5.41) is 11.4. The SMILES string of the molecule is CCC1OCCC1C(=O)N(CC)CC(N)=NO. The van der Waals surface area contributed by atoms with Gasteiger partial charge in [0.25, 0.3) is 0 Å². The first-order valence-electron chi connectivity index (χ1n) is 6.00. The molecule has 1 saturated heterocycles. The Kier molecular flexibility index (Phi) is 5.21. The molecular formula is C11H21N3O3. The van der Waals surface area contributed by atoms with Gasteiger partial charge >= 0.3 is 0 Å². The van der Waals surface area contributed by atoms with Gasteiger partial charge < -0.3 is 20.6 Å². The van der Waals surface area contributed by atoms with Crippen LogP contribution >= 0.6 is 0 Å². The smallest absolute Gasteiger partial charge is 0.228 e. The molecule has 3 N–H and O–H groups in total. The van der Waals surface area contributed by atoms with Crippen molar-refractivity contribution >= 4 is 11.7 Å². The van der Waals surface area contributed by atoms with Crippen LogP contribution in [0, 0.1) is 5.92 Å². The van der Waals surface area contributed by atoms with E-state index in [1.165, 1.54) is 0 Å². The van der Waals surface area contributed by atoms with Gasteiger partial charge in [0.2, 0.25) is 5.91 Å². The molecule has 1 aliphatic heterocycles. The van der Waals surface area contributed by atoms with Crippen LogP contribution in [-0.4, -0.2) is 47.7 Å². The quantitative estimate of drug-likeness (QED) is 0.316. The fourth-order valence-electron chi connectivity index (χ4n) is 2.14. The molecule has 1 amide bonds. The third-order valence-corrected chi connectivity index (χ3v) is 3.10. The van der Waals surface area contributed by atoms with Crippen LogP contribution in [0.1, 0.15) is 26.7 Å². The highest BCUT2D eigenvalue weighted by Crippen LogP contribution is 2.25. The van der Waals surface area contributed by atoms with Gasteiger partial charge in [-0.3, -0.25) is 4.79 Å². The maximum Gasteiger partial charge on any atom is 0.228 e. The lowest BCUT2D eigenvalue weighted by atomic mass is 9.98. The Hall–Kier alpha value is -1.30. The van der Waals surface area contributed by atoms with Crippen LogP contribution in [0.3, 0.4) is 0 Å². The Morgan fingerprint density at radius 3 is 2.82 bits per heavy atom. The third-order valence-electron chi connectivity index (χ3n) is 3.10. The Labute approximate surface area is 101 Å². The molecule has 0 spiro atoms. The molecule has 98 valence electrons. The van der Waals surface area contributed by atoms with Gasteiger partial charge in [0.15, 0.2) is 5.84 Å². The highest BCUT2D eigenvalue weighted by Gasteiger charge is 2.35. The van der Waals surface area contributed by atoms with Crippen molar-refractivity contribution in [3.05, 3.63) is 0 Å². The van der Waals surface area contributed by atoms with Crippen molar-refractivity contribution in [1.82, 2.24) is 4.90 Å².